The number of hydrogen-bond acceptors (Lipinski definition) is 3. The summed E-state index contributed by atoms with van der Waals surface area (Å²) in [5.41, 5.74) is 7.48. The summed E-state index contributed by atoms with van der Waals surface area (Å²) >= 11 is 0. The summed E-state index contributed by atoms with van der Waals surface area (Å²) in [5.74, 6) is 2.45. The van der Waals surface area contributed by atoms with Gasteiger partial charge in [0.1, 0.15) is 17.2 Å². The first-order valence-electron chi connectivity index (χ1n) is 12.5. The minimum absolute atomic E-state index is 0.0238. The fourth-order valence-corrected chi connectivity index (χ4v) is 5.86. The Labute approximate surface area is 211 Å². The Bertz CT molecular complexity index is 1130. The highest BCUT2D eigenvalue weighted by atomic mass is 31.2. The van der Waals surface area contributed by atoms with Gasteiger partial charge in [-0.05, 0) is 51.1 Å². The molecule has 0 aliphatic carbocycles. The lowest BCUT2D eigenvalue weighted by atomic mass is 9.76. The average molecular weight is 489 g/mol. The van der Waals surface area contributed by atoms with Crippen LogP contribution in [-0.2, 0) is 16.2 Å². The first-order chi connectivity index (χ1) is 16.2. The zero-order chi connectivity index (χ0) is 25.3. The van der Waals surface area contributed by atoms with E-state index in [2.05, 4.69) is 117 Å². The average Bonchev–Trinajstić information content (AvgIpc) is 2.71. The molecule has 3 heterocycles. The maximum absolute atomic E-state index is 6.40. The van der Waals surface area contributed by atoms with Crippen LogP contribution in [0.25, 0.3) is 0 Å². The quantitative estimate of drug-likeness (QED) is 0.295. The molecule has 6 rings (SSSR count). The highest BCUT2D eigenvalue weighted by Crippen LogP contribution is 2.57. The van der Waals surface area contributed by atoms with Gasteiger partial charge in [0.2, 0.25) is 0 Å². The van der Waals surface area contributed by atoms with Gasteiger partial charge in [0, 0.05) is 22.6 Å². The molecule has 3 aromatic carbocycles. The fourth-order valence-electron chi connectivity index (χ4n) is 4.77. The van der Waals surface area contributed by atoms with E-state index in [0.29, 0.717) is 0 Å². The summed E-state index contributed by atoms with van der Waals surface area (Å²) in [4.78, 5) is 0. The van der Waals surface area contributed by atoms with Crippen molar-refractivity contribution < 1.29 is 13.6 Å². The molecule has 3 aliphatic rings. The van der Waals surface area contributed by atoms with E-state index >= 15 is 0 Å². The van der Waals surface area contributed by atoms with Gasteiger partial charge in [0.25, 0.3) is 0 Å². The van der Waals surface area contributed by atoms with Crippen molar-refractivity contribution in [2.45, 2.75) is 84.5 Å². The van der Waals surface area contributed by atoms with Crippen LogP contribution in [-0.4, -0.2) is 0 Å². The molecular weight excluding hydrogens is 451 g/mol. The molecular formula is C31H37O3P. The lowest BCUT2D eigenvalue weighted by Gasteiger charge is -2.35. The second-order valence-electron chi connectivity index (χ2n) is 12.9. The van der Waals surface area contributed by atoms with Crippen LogP contribution in [0.3, 0.4) is 0 Å². The zero-order valence-electron chi connectivity index (χ0n) is 22.4. The molecule has 0 fully saturated rings. The predicted molar refractivity (Wildman–Crippen MR) is 145 cm³/mol. The molecule has 0 aromatic heterocycles. The van der Waals surface area contributed by atoms with Crippen LogP contribution in [0, 0.1) is 0 Å². The monoisotopic (exact) mass is 488 g/mol. The minimum atomic E-state index is -1.65. The van der Waals surface area contributed by atoms with Crippen LogP contribution < -0.4 is 13.6 Å². The highest BCUT2D eigenvalue weighted by Gasteiger charge is 2.38. The van der Waals surface area contributed by atoms with Crippen molar-refractivity contribution in [3.05, 3.63) is 88.0 Å². The predicted octanol–water partition coefficient (Wildman–Crippen LogP) is 9.15. The maximum atomic E-state index is 6.40. The normalized spacial score (nSPS) is 19.1. The second kappa shape index (κ2) is 8.00. The third-order valence-electron chi connectivity index (χ3n) is 7.08. The molecule has 0 saturated heterocycles. The molecule has 0 spiro atoms. The van der Waals surface area contributed by atoms with Crippen LogP contribution in [0.15, 0.2) is 54.6 Å². The molecule has 3 nitrogen and oxygen atoms in total. The molecule has 2 bridgehead atoms. The van der Waals surface area contributed by atoms with Gasteiger partial charge in [0.15, 0.2) is 0 Å². The first-order valence-corrected chi connectivity index (χ1v) is 13.6. The van der Waals surface area contributed by atoms with Gasteiger partial charge >= 0.3 is 8.60 Å². The highest BCUT2D eigenvalue weighted by molar-refractivity contribution is 7.43. The van der Waals surface area contributed by atoms with E-state index in [1.165, 1.54) is 33.4 Å². The third kappa shape index (κ3) is 4.45. The lowest BCUT2D eigenvalue weighted by Crippen LogP contribution is -2.21. The van der Waals surface area contributed by atoms with E-state index in [9.17, 15) is 0 Å². The van der Waals surface area contributed by atoms with Gasteiger partial charge < -0.3 is 13.6 Å². The molecule has 184 valence electrons. The zero-order valence-corrected chi connectivity index (χ0v) is 23.3. The van der Waals surface area contributed by atoms with Gasteiger partial charge in [-0.25, -0.2) is 0 Å². The van der Waals surface area contributed by atoms with Gasteiger partial charge in [-0.15, -0.1) is 0 Å². The third-order valence-corrected chi connectivity index (χ3v) is 8.12. The Hall–Kier alpha value is -2.51. The molecule has 4 heteroatoms. The van der Waals surface area contributed by atoms with E-state index in [1.807, 2.05) is 0 Å². The molecule has 0 saturated carbocycles. The van der Waals surface area contributed by atoms with Crippen molar-refractivity contribution in [2.75, 3.05) is 0 Å². The summed E-state index contributed by atoms with van der Waals surface area (Å²) in [7, 11) is -1.65. The van der Waals surface area contributed by atoms with Crippen molar-refractivity contribution >= 4 is 8.60 Å². The summed E-state index contributed by atoms with van der Waals surface area (Å²) in [6.07, 6.45) is 0. The Morgan fingerprint density at radius 2 is 0.771 bits per heavy atom. The maximum Gasteiger partial charge on any atom is 0.530 e. The summed E-state index contributed by atoms with van der Waals surface area (Å²) in [5, 5.41) is 0. The number of rotatable bonds is 0. The Morgan fingerprint density at radius 1 is 0.486 bits per heavy atom. The van der Waals surface area contributed by atoms with E-state index in [1.54, 1.807) is 0 Å². The molecule has 3 aliphatic heterocycles. The summed E-state index contributed by atoms with van der Waals surface area (Å²) < 4.78 is 19.2. The van der Waals surface area contributed by atoms with Crippen molar-refractivity contribution in [1.82, 2.24) is 0 Å². The van der Waals surface area contributed by atoms with Crippen LogP contribution in [0.5, 0.6) is 17.2 Å². The van der Waals surface area contributed by atoms with E-state index < -0.39 is 8.60 Å². The fraction of sp³-hybridized carbons (Fsp3) is 0.419. The summed E-state index contributed by atoms with van der Waals surface area (Å²) in [6.45, 7) is 20.3. The standard InChI is InChI=1S/C31H37O3P/c1-29(2,3)19-10-13-25-22(16-19)28-23-17-20(30(4,5)6)11-14-26(23)33-35(32-25)34-27-15-12-21(18-24(27)28)31(7,8)9/h10-18,28H,1-9H3. The van der Waals surface area contributed by atoms with Gasteiger partial charge in [-0.2, -0.15) is 0 Å². The SMILES string of the molecule is CC(C)(C)c1ccc2c(c1)C1c3cc(C(C)(C)C)ccc3OP(O2)Oc2ccc(C(C)(C)C)cc21. The molecule has 0 atom stereocenters. The van der Waals surface area contributed by atoms with Crippen molar-refractivity contribution in [3.63, 3.8) is 0 Å². The van der Waals surface area contributed by atoms with Gasteiger partial charge in [-0.3, -0.25) is 0 Å². The second-order valence-corrected chi connectivity index (χ2v) is 13.9. The Kier molecular flexibility index (Phi) is 5.53. The molecule has 3 aromatic rings. The Balaban J connectivity index is 1.86. The van der Waals surface area contributed by atoms with E-state index in [-0.39, 0.29) is 22.2 Å². The van der Waals surface area contributed by atoms with Gasteiger partial charge in [0.05, 0.1) is 0 Å². The lowest BCUT2D eigenvalue weighted by molar-refractivity contribution is 0.368. The number of hydrogen-bond donors (Lipinski definition) is 0. The number of benzene rings is 3. The topological polar surface area (TPSA) is 27.7 Å². The minimum Gasteiger partial charge on any atom is -0.408 e. The van der Waals surface area contributed by atoms with Crippen LogP contribution in [0.2, 0.25) is 0 Å². The molecule has 0 N–H and O–H groups in total. The Morgan fingerprint density at radius 3 is 1.03 bits per heavy atom. The molecule has 35 heavy (non-hydrogen) atoms. The van der Waals surface area contributed by atoms with Crippen LogP contribution >= 0.6 is 8.60 Å². The molecule has 0 radical (unpaired) electrons. The van der Waals surface area contributed by atoms with Gasteiger partial charge in [-0.1, -0.05) is 98.7 Å². The first kappa shape index (κ1) is 24.2. The van der Waals surface area contributed by atoms with E-state index in [4.69, 9.17) is 13.6 Å². The van der Waals surface area contributed by atoms with E-state index in [0.717, 1.165) is 17.2 Å². The molecule has 0 amide bonds. The summed E-state index contributed by atoms with van der Waals surface area (Å²) in [6, 6.07) is 19.8. The van der Waals surface area contributed by atoms with Crippen molar-refractivity contribution in [3.8, 4) is 17.2 Å². The van der Waals surface area contributed by atoms with Crippen molar-refractivity contribution in [1.29, 1.82) is 0 Å². The van der Waals surface area contributed by atoms with Crippen LogP contribution in [0.4, 0.5) is 0 Å². The van der Waals surface area contributed by atoms with Crippen molar-refractivity contribution in [2.24, 2.45) is 0 Å². The van der Waals surface area contributed by atoms with Crippen LogP contribution in [0.1, 0.15) is 102 Å². The smallest absolute Gasteiger partial charge is 0.408 e. The largest absolute Gasteiger partial charge is 0.530 e. The molecule has 0 unspecified atom stereocenters.